The quantitative estimate of drug-likeness (QED) is 0.543. The number of esters is 1. The normalized spacial score (nSPS) is 14.0. The highest BCUT2D eigenvalue weighted by Crippen LogP contribution is 2.24. The van der Waals surface area contributed by atoms with Crippen molar-refractivity contribution < 1.29 is 18.8 Å². The molecule has 0 aromatic heterocycles. The Morgan fingerprint density at radius 1 is 1.21 bits per heavy atom. The van der Waals surface area contributed by atoms with Crippen LogP contribution in [0.2, 0.25) is 0 Å². The Kier molecular flexibility index (Phi) is 7.31. The van der Waals surface area contributed by atoms with E-state index in [0.29, 0.717) is 19.6 Å². The summed E-state index contributed by atoms with van der Waals surface area (Å²) in [7, 11) is -0.193. The summed E-state index contributed by atoms with van der Waals surface area (Å²) in [6.45, 7) is 4.27. The van der Waals surface area contributed by atoms with Gasteiger partial charge in [-0.05, 0) is 25.8 Å². The van der Waals surface area contributed by atoms with Gasteiger partial charge in [-0.25, -0.2) is 0 Å². The van der Waals surface area contributed by atoms with Crippen molar-refractivity contribution >= 4 is 14.4 Å². The van der Waals surface area contributed by atoms with Gasteiger partial charge in [0.15, 0.2) is 14.3 Å². The van der Waals surface area contributed by atoms with Gasteiger partial charge < -0.3 is 9.47 Å². The number of carbonyl (C=O) groups excluding carboxylic acids is 1. The molecule has 0 aliphatic carbocycles. The molecule has 1 aromatic carbocycles. The number of carbonyl (C=O) groups is 1. The van der Waals surface area contributed by atoms with Gasteiger partial charge in [-0.15, -0.1) is 0 Å². The molecule has 0 heterocycles. The lowest BCUT2D eigenvalue weighted by Crippen LogP contribution is -2.30. The van der Waals surface area contributed by atoms with E-state index in [1.54, 1.807) is 6.92 Å². The number of hydrogen-bond acceptors (Lipinski definition) is 4. The summed E-state index contributed by atoms with van der Waals surface area (Å²) in [5, 5.41) is 0. The summed E-state index contributed by atoms with van der Waals surface area (Å²) >= 11 is 0. The zero-order valence-corrected chi connectivity index (χ0v) is 12.1. The summed E-state index contributed by atoms with van der Waals surface area (Å²) in [6.07, 6.45) is 0.458. The maximum Gasteiger partial charge on any atom is 0.312 e. The standard InChI is InChI=1S/C14H19O4P/c1-3-17-13(15)12(14(19-16)18-4-2)10-11-8-6-5-7-9-11/h5-9,12,14H,3-4,10H2,1-2H3. The Hall–Kier alpha value is -1.25. The Morgan fingerprint density at radius 3 is 2.42 bits per heavy atom. The minimum Gasteiger partial charge on any atom is -0.466 e. The van der Waals surface area contributed by atoms with Gasteiger partial charge in [0.1, 0.15) is 0 Å². The molecule has 0 saturated heterocycles. The highest BCUT2D eigenvalue weighted by molar-refractivity contribution is 7.24. The summed E-state index contributed by atoms with van der Waals surface area (Å²) in [5.74, 6) is -1.58. The molecule has 2 unspecified atom stereocenters. The fourth-order valence-electron chi connectivity index (χ4n) is 1.81. The molecule has 4 nitrogen and oxygen atoms in total. The molecule has 0 fully saturated rings. The van der Waals surface area contributed by atoms with Crippen LogP contribution in [0.5, 0.6) is 0 Å². The lowest BCUT2D eigenvalue weighted by atomic mass is 10.00. The smallest absolute Gasteiger partial charge is 0.312 e. The predicted molar refractivity (Wildman–Crippen MR) is 73.3 cm³/mol. The molecule has 0 amide bonds. The van der Waals surface area contributed by atoms with E-state index in [0.717, 1.165) is 5.56 Å². The molecule has 0 aliphatic rings. The molecule has 19 heavy (non-hydrogen) atoms. The van der Waals surface area contributed by atoms with Gasteiger partial charge >= 0.3 is 5.97 Å². The first kappa shape index (κ1) is 15.8. The molecule has 1 aromatic rings. The van der Waals surface area contributed by atoms with Crippen LogP contribution < -0.4 is 0 Å². The Balaban J connectivity index is 2.84. The van der Waals surface area contributed by atoms with Crippen molar-refractivity contribution in [2.45, 2.75) is 26.1 Å². The zero-order chi connectivity index (χ0) is 14.1. The third kappa shape index (κ3) is 5.09. The molecule has 5 heteroatoms. The number of hydrogen-bond donors (Lipinski definition) is 0. The Bertz CT molecular complexity index is 394. The maximum atomic E-state index is 12.0. The first-order valence-electron chi connectivity index (χ1n) is 6.37. The van der Waals surface area contributed by atoms with Crippen LogP contribution in [-0.4, -0.2) is 25.0 Å². The van der Waals surface area contributed by atoms with Crippen LogP contribution in [0.4, 0.5) is 0 Å². The van der Waals surface area contributed by atoms with E-state index in [9.17, 15) is 9.36 Å². The molecule has 0 spiro atoms. The second-order valence-electron chi connectivity index (χ2n) is 4.00. The Labute approximate surface area is 115 Å². The highest BCUT2D eigenvalue weighted by Gasteiger charge is 2.31. The van der Waals surface area contributed by atoms with E-state index < -0.39 is 11.8 Å². The second kappa shape index (κ2) is 8.78. The van der Waals surface area contributed by atoms with Crippen LogP contribution >= 0.6 is 8.46 Å². The largest absolute Gasteiger partial charge is 0.466 e. The fraction of sp³-hybridized carbons (Fsp3) is 0.500. The third-order valence-electron chi connectivity index (χ3n) is 2.67. The van der Waals surface area contributed by atoms with Gasteiger partial charge in [-0.1, -0.05) is 30.3 Å². The van der Waals surface area contributed by atoms with Gasteiger partial charge in [0.05, 0.1) is 12.5 Å². The number of rotatable bonds is 8. The number of ether oxygens (including phenoxy) is 2. The van der Waals surface area contributed by atoms with E-state index in [2.05, 4.69) is 0 Å². The van der Waals surface area contributed by atoms with Crippen molar-refractivity contribution in [3.63, 3.8) is 0 Å². The molecular formula is C14H19O4P. The van der Waals surface area contributed by atoms with Crippen molar-refractivity contribution in [2.24, 2.45) is 5.92 Å². The average molecular weight is 282 g/mol. The maximum absolute atomic E-state index is 12.0. The lowest BCUT2D eigenvalue weighted by Gasteiger charge is -2.20. The second-order valence-corrected chi connectivity index (χ2v) is 4.72. The van der Waals surface area contributed by atoms with Gasteiger partial charge in [0.25, 0.3) is 0 Å². The average Bonchev–Trinajstić information content (AvgIpc) is 2.44. The van der Waals surface area contributed by atoms with Crippen LogP contribution in [0.3, 0.4) is 0 Å². The molecule has 0 saturated carbocycles. The number of benzene rings is 1. The minimum absolute atomic E-state index is 0.193. The van der Waals surface area contributed by atoms with Crippen molar-refractivity contribution in [1.82, 2.24) is 0 Å². The summed E-state index contributed by atoms with van der Waals surface area (Å²) in [4.78, 5) is 12.0. The van der Waals surface area contributed by atoms with Gasteiger partial charge in [-0.3, -0.25) is 9.36 Å². The van der Waals surface area contributed by atoms with Crippen LogP contribution in [0.15, 0.2) is 30.3 Å². The van der Waals surface area contributed by atoms with E-state index >= 15 is 0 Å². The molecule has 104 valence electrons. The molecule has 1 rings (SSSR count). The highest BCUT2D eigenvalue weighted by atomic mass is 31.1. The van der Waals surface area contributed by atoms with Gasteiger partial charge in [0.2, 0.25) is 0 Å². The molecule has 0 radical (unpaired) electrons. The monoisotopic (exact) mass is 282 g/mol. The molecule has 2 atom stereocenters. The fourth-order valence-corrected chi connectivity index (χ4v) is 2.39. The molecule has 0 aliphatic heterocycles. The van der Waals surface area contributed by atoms with E-state index in [-0.39, 0.29) is 14.4 Å². The van der Waals surface area contributed by atoms with E-state index in [1.807, 2.05) is 37.3 Å². The van der Waals surface area contributed by atoms with Crippen molar-refractivity contribution in [3.05, 3.63) is 35.9 Å². The van der Waals surface area contributed by atoms with Crippen molar-refractivity contribution in [2.75, 3.05) is 13.2 Å². The minimum atomic E-state index is -0.663. The third-order valence-corrected chi connectivity index (χ3v) is 3.39. The first-order valence-corrected chi connectivity index (χ1v) is 7.25. The summed E-state index contributed by atoms with van der Waals surface area (Å²) in [6, 6.07) is 9.58. The zero-order valence-electron chi connectivity index (χ0n) is 11.2. The summed E-state index contributed by atoms with van der Waals surface area (Å²) < 4.78 is 21.6. The topological polar surface area (TPSA) is 52.6 Å². The molecule has 0 N–H and O–H groups in total. The van der Waals surface area contributed by atoms with Crippen molar-refractivity contribution in [3.8, 4) is 0 Å². The molecule has 0 bridgehead atoms. The van der Waals surface area contributed by atoms with Gasteiger partial charge in [0, 0.05) is 6.61 Å². The van der Waals surface area contributed by atoms with Crippen LogP contribution in [0.25, 0.3) is 0 Å². The first-order chi connectivity index (χ1) is 9.22. The SMILES string of the molecule is CCOC(=O)C(Cc1ccccc1)C(OCC)P=O. The predicted octanol–water partition coefficient (Wildman–Crippen LogP) is 3.06. The van der Waals surface area contributed by atoms with Crippen LogP contribution in [0.1, 0.15) is 19.4 Å². The van der Waals surface area contributed by atoms with Gasteiger partial charge in [-0.2, -0.15) is 0 Å². The van der Waals surface area contributed by atoms with Crippen LogP contribution in [0, 0.1) is 5.92 Å². The van der Waals surface area contributed by atoms with E-state index in [4.69, 9.17) is 9.47 Å². The molecular weight excluding hydrogens is 263 g/mol. The van der Waals surface area contributed by atoms with Crippen LogP contribution in [-0.2, 0) is 25.3 Å². The van der Waals surface area contributed by atoms with E-state index in [1.165, 1.54) is 0 Å². The Morgan fingerprint density at radius 2 is 1.89 bits per heavy atom. The summed E-state index contributed by atoms with van der Waals surface area (Å²) in [5.41, 5.74) is 0.994. The lowest BCUT2D eigenvalue weighted by molar-refractivity contribution is -0.151. The van der Waals surface area contributed by atoms with Crippen molar-refractivity contribution in [1.29, 1.82) is 0 Å².